The van der Waals surface area contributed by atoms with Gasteiger partial charge in [-0.1, -0.05) is 100 Å². The summed E-state index contributed by atoms with van der Waals surface area (Å²) in [6.45, 7) is 12.3. The van der Waals surface area contributed by atoms with Crippen LogP contribution in [0.4, 0.5) is 16.6 Å². The molecule has 0 bridgehead atoms. The van der Waals surface area contributed by atoms with Crippen LogP contribution in [0.25, 0.3) is 11.0 Å². The summed E-state index contributed by atoms with van der Waals surface area (Å²) in [6.07, 6.45) is 4.60. The predicted octanol–water partition coefficient (Wildman–Crippen LogP) is 6.49. The van der Waals surface area contributed by atoms with E-state index in [0.29, 0.717) is 36.0 Å². The molecule has 12 nitrogen and oxygen atoms in total. The molecular formula is C42H55N7O5Si. The molecule has 1 saturated heterocycles. The van der Waals surface area contributed by atoms with Crippen LogP contribution in [0.15, 0.2) is 85.1 Å². The first kappa shape index (κ1) is 39.9. The van der Waals surface area contributed by atoms with Crippen molar-refractivity contribution in [3.05, 3.63) is 96.2 Å². The van der Waals surface area contributed by atoms with Gasteiger partial charge in [-0.25, -0.2) is 9.78 Å². The SMILES string of the molecule is CCC(CCO[Si](c1ccccc1)(c1ccccc1)C(C)(C)C)Nc1nc(NC(=O)OC)nc2cnn(Cc3ccc(CNC4CCOCC4)cc3OC)c12. The number of benzene rings is 3. The van der Waals surface area contributed by atoms with Gasteiger partial charge in [0, 0.05) is 44.0 Å². The van der Waals surface area contributed by atoms with Crippen LogP contribution in [-0.2, 0) is 27.0 Å². The van der Waals surface area contributed by atoms with E-state index < -0.39 is 14.4 Å². The van der Waals surface area contributed by atoms with Crippen LogP contribution in [0.3, 0.4) is 0 Å². The molecule has 1 unspecified atom stereocenters. The number of aromatic nitrogens is 4. The maximum atomic E-state index is 12.2. The Morgan fingerprint density at radius 1 is 0.982 bits per heavy atom. The summed E-state index contributed by atoms with van der Waals surface area (Å²) >= 11 is 0. The number of hydrogen-bond acceptors (Lipinski definition) is 10. The Morgan fingerprint density at radius 2 is 1.67 bits per heavy atom. The fraction of sp³-hybridized carbons (Fsp3) is 0.429. The third-order valence-corrected chi connectivity index (χ3v) is 15.5. The molecular weight excluding hydrogens is 711 g/mol. The van der Waals surface area contributed by atoms with Crippen molar-refractivity contribution >= 4 is 47.6 Å². The second-order valence-electron chi connectivity index (χ2n) is 15.0. The predicted molar refractivity (Wildman–Crippen MR) is 220 cm³/mol. The van der Waals surface area contributed by atoms with Gasteiger partial charge in [0.05, 0.1) is 27.0 Å². The lowest BCUT2D eigenvalue weighted by Gasteiger charge is -2.43. The summed E-state index contributed by atoms with van der Waals surface area (Å²) in [5, 5.41) is 17.1. The van der Waals surface area contributed by atoms with E-state index in [-0.39, 0.29) is 17.0 Å². The Hall–Kier alpha value is -4.82. The summed E-state index contributed by atoms with van der Waals surface area (Å²) in [6, 6.07) is 28.1. The summed E-state index contributed by atoms with van der Waals surface area (Å²) in [7, 11) is 0.286. The summed E-state index contributed by atoms with van der Waals surface area (Å²) in [5.41, 5.74) is 3.41. The number of amides is 1. The van der Waals surface area contributed by atoms with E-state index in [4.69, 9.17) is 28.7 Å². The zero-order valence-electron chi connectivity index (χ0n) is 32.9. The van der Waals surface area contributed by atoms with Crippen molar-refractivity contribution in [1.82, 2.24) is 25.1 Å². The lowest BCUT2D eigenvalue weighted by atomic mass is 10.1. The molecule has 13 heteroatoms. The molecule has 1 fully saturated rings. The topological polar surface area (TPSA) is 134 Å². The Morgan fingerprint density at radius 3 is 2.29 bits per heavy atom. The highest BCUT2D eigenvalue weighted by Crippen LogP contribution is 2.37. The minimum absolute atomic E-state index is 0.0114. The molecule has 3 heterocycles. The third-order valence-electron chi connectivity index (χ3n) is 10.4. The van der Waals surface area contributed by atoms with E-state index >= 15 is 0 Å². The van der Waals surface area contributed by atoms with Gasteiger partial charge in [-0.15, -0.1) is 0 Å². The first-order valence-electron chi connectivity index (χ1n) is 19.2. The van der Waals surface area contributed by atoms with E-state index in [9.17, 15) is 4.79 Å². The van der Waals surface area contributed by atoms with E-state index in [1.54, 1.807) is 13.3 Å². The molecule has 3 aromatic carbocycles. The molecule has 5 aromatic rings. The van der Waals surface area contributed by atoms with Gasteiger partial charge in [0.1, 0.15) is 16.8 Å². The average molecular weight is 766 g/mol. The van der Waals surface area contributed by atoms with Gasteiger partial charge in [0.15, 0.2) is 5.82 Å². The molecule has 3 N–H and O–H groups in total. The highest BCUT2D eigenvalue weighted by molar-refractivity contribution is 6.99. The first-order chi connectivity index (χ1) is 26.6. The van der Waals surface area contributed by atoms with Crippen molar-refractivity contribution in [2.45, 2.75) is 83.6 Å². The van der Waals surface area contributed by atoms with Crippen LogP contribution < -0.4 is 31.1 Å². The number of carbonyl (C=O) groups excluding carboxylic acids is 1. The van der Waals surface area contributed by atoms with E-state index in [1.807, 2.05) is 4.68 Å². The number of methoxy groups -OCH3 is 2. The molecule has 0 aliphatic carbocycles. The number of anilines is 2. The van der Waals surface area contributed by atoms with Crippen LogP contribution in [0, 0.1) is 0 Å². The van der Waals surface area contributed by atoms with E-state index in [0.717, 1.165) is 62.3 Å². The Kier molecular flexibility index (Phi) is 13.2. The van der Waals surface area contributed by atoms with Crippen molar-refractivity contribution in [2.75, 3.05) is 44.7 Å². The number of fused-ring (bicyclic) bond motifs is 1. The number of rotatable bonds is 16. The third kappa shape index (κ3) is 9.35. The minimum Gasteiger partial charge on any atom is -0.496 e. The van der Waals surface area contributed by atoms with Gasteiger partial charge in [-0.2, -0.15) is 10.1 Å². The quantitative estimate of drug-likeness (QED) is 0.0959. The Bertz CT molecular complexity index is 1960. The van der Waals surface area contributed by atoms with Gasteiger partial charge in [0.25, 0.3) is 8.32 Å². The fourth-order valence-corrected chi connectivity index (χ4v) is 12.0. The van der Waals surface area contributed by atoms with Crippen LogP contribution in [0.2, 0.25) is 5.04 Å². The maximum absolute atomic E-state index is 12.2. The van der Waals surface area contributed by atoms with Gasteiger partial charge in [0.2, 0.25) is 5.95 Å². The molecule has 0 radical (unpaired) electrons. The monoisotopic (exact) mass is 765 g/mol. The van der Waals surface area contributed by atoms with Crippen LogP contribution in [0.5, 0.6) is 5.75 Å². The maximum Gasteiger partial charge on any atom is 0.413 e. The lowest BCUT2D eigenvalue weighted by molar-refractivity contribution is 0.0776. The fourth-order valence-electron chi connectivity index (χ4n) is 7.46. The molecule has 6 rings (SSSR count). The lowest BCUT2D eigenvalue weighted by Crippen LogP contribution is -2.66. The Labute approximate surface area is 325 Å². The smallest absolute Gasteiger partial charge is 0.413 e. The molecule has 0 spiro atoms. The number of ether oxygens (including phenoxy) is 3. The highest BCUT2D eigenvalue weighted by atomic mass is 28.4. The van der Waals surface area contributed by atoms with Crippen LogP contribution >= 0.6 is 0 Å². The van der Waals surface area contributed by atoms with Crippen molar-refractivity contribution in [3.63, 3.8) is 0 Å². The summed E-state index contributed by atoms with van der Waals surface area (Å²) < 4.78 is 25.4. The van der Waals surface area contributed by atoms with Gasteiger partial charge >= 0.3 is 6.09 Å². The van der Waals surface area contributed by atoms with Crippen molar-refractivity contribution in [2.24, 2.45) is 0 Å². The van der Waals surface area contributed by atoms with Gasteiger partial charge in [-0.3, -0.25) is 10.00 Å². The molecule has 0 saturated carbocycles. The standard InChI is InChI=1S/C42H55N7O5Si/c1-7-32(22-25-54-55(42(2,3)4,34-14-10-8-11-15-34)35-16-12-9-13-17-35)45-39-38-36(46-40(47-39)48-41(50)52-6)28-44-49(38)29-31-19-18-30(26-37(31)51-5)27-43-33-20-23-53-24-21-33/h8-19,26,28,32-33,43H,7,20-25,27,29H2,1-6H3,(H2,45,46,47,48,50). The zero-order valence-corrected chi connectivity index (χ0v) is 33.9. The minimum atomic E-state index is -2.72. The molecule has 1 aliphatic heterocycles. The molecule has 292 valence electrons. The first-order valence-corrected chi connectivity index (χ1v) is 21.1. The molecule has 1 atom stereocenters. The molecule has 2 aromatic heterocycles. The largest absolute Gasteiger partial charge is 0.496 e. The molecule has 1 aliphatic rings. The van der Waals surface area contributed by atoms with Crippen molar-refractivity contribution in [3.8, 4) is 5.75 Å². The number of hydrogen-bond donors (Lipinski definition) is 3. The van der Waals surface area contributed by atoms with Gasteiger partial charge < -0.3 is 29.3 Å². The molecule has 55 heavy (non-hydrogen) atoms. The number of nitrogens with one attached hydrogen (secondary N) is 3. The van der Waals surface area contributed by atoms with E-state index in [1.165, 1.54) is 17.5 Å². The number of nitrogens with zero attached hydrogens (tertiary/aromatic N) is 4. The summed E-state index contributed by atoms with van der Waals surface area (Å²) in [5.74, 6) is 1.46. The second-order valence-corrected chi connectivity index (χ2v) is 19.3. The Balaban J connectivity index is 1.26. The highest BCUT2D eigenvalue weighted by Gasteiger charge is 2.50. The van der Waals surface area contributed by atoms with Crippen LogP contribution in [-0.4, -0.2) is 80.3 Å². The number of carbonyl (C=O) groups is 1. The summed E-state index contributed by atoms with van der Waals surface area (Å²) in [4.78, 5) is 21.7. The van der Waals surface area contributed by atoms with Crippen LogP contribution in [0.1, 0.15) is 64.5 Å². The van der Waals surface area contributed by atoms with Crippen molar-refractivity contribution < 1.29 is 23.4 Å². The van der Waals surface area contributed by atoms with E-state index in [2.05, 4.69) is 127 Å². The second kappa shape index (κ2) is 18.2. The molecule has 1 amide bonds. The normalized spacial score (nSPS) is 14.4. The van der Waals surface area contributed by atoms with Gasteiger partial charge in [-0.05, 0) is 52.7 Å². The van der Waals surface area contributed by atoms with Crippen molar-refractivity contribution in [1.29, 1.82) is 0 Å². The zero-order chi connectivity index (χ0) is 38.8. The average Bonchev–Trinajstić information content (AvgIpc) is 3.61.